The van der Waals surface area contributed by atoms with Crippen LogP contribution in [0.5, 0.6) is 0 Å². The number of halogens is 2. The van der Waals surface area contributed by atoms with Crippen LogP contribution in [0.4, 0.5) is 11.4 Å². The molecule has 0 amide bonds. The molecule has 1 rings (SSSR count). The molecule has 0 aliphatic heterocycles. The van der Waals surface area contributed by atoms with Crippen LogP contribution >= 0.6 is 0 Å². The van der Waals surface area contributed by atoms with Crippen molar-refractivity contribution in [2.45, 2.75) is 0 Å². The third-order valence-corrected chi connectivity index (χ3v) is 1.58. The van der Waals surface area contributed by atoms with E-state index in [1.165, 1.54) is 12.1 Å². The van der Waals surface area contributed by atoms with Gasteiger partial charge in [-0.25, -0.2) is 0 Å². The van der Waals surface area contributed by atoms with Crippen LogP contribution in [-0.2, 0) is 27.7 Å². The normalized spacial score (nSPS) is 7.60. The van der Waals surface area contributed by atoms with E-state index in [4.69, 9.17) is 0 Å². The number of nitrogens with zero attached hydrogens (tertiary/aromatic N) is 2. The van der Waals surface area contributed by atoms with Gasteiger partial charge in [0.15, 0.2) is 0 Å². The summed E-state index contributed by atoms with van der Waals surface area (Å²) in [5.74, 6) is 0. The summed E-state index contributed by atoms with van der Waals surface area (Å²) in [6, 6.07) is 6.43. The molecule has 0 saturated carbocycles. The van der Waals surface area contributed by atoms with Gasteiger partial charge in [-0.1, -0.05) is 0 Å². The molecule has 1 aromatic carbocycles. The van der Waals surface area contributed by atoms with Crippen molar-refractivity contribution in [1.29, 1.82) is 0 Å². The molecule has 0 aliphatic rings. The second-order valence-corrected chi connectivity index (χ2v) is 2.67. The first-order valence-electron chi connectivity index (χ1n) is 3.53. The topological polar surface area (TPSA) is 46.4 Å². The van der Waals surface area contributed by atoms with E-state index in [0.717, 1.165) is 5.69 Å². The van der Waals surface area contributed by atoms with Crippen molar-refractivity contribution in [2.24, 2.45) is 0 Å². The van der Waals surface area contributed by atoms with Crippen LogP contribution in [-0.4, -0.2) is 19.0 Å². The molecule has 15 heavy (non-hydrogen) atoms. The molecule has 0 N–H and O–H groups in total. The van der Waals surface area contributed by atoms with Gasteiger partial charge in [-0.15, -0.1) is 0 Å². The molecular weight excluding hydrogens is 610 g/mol. The molecule has 0 atom stereocenters. The maximum absolute atomic E-state index is 10.3. The van der Waals surface area contributed by atoms with Crippen LogP contribution in [0.1, 0.15) is 0 Å². The Hall–Kier alpha value is 0.815. The summed E-state index contributed by atoms with van der Waals surface area (Å²) in [5, 5.41) is 10.3. The van der Waals surface area contributed by atoms with Crippen molar-refractivity contribution < 1.29 is 80.5 Å². The summed E-state index contributed by atoms with van der Waals surface area (Å²) < 4.78 is 0. The predicted octanol–water partition coefficient (Wildman–Crippen LogP) is -4.33. The molecule has 0 radical (unpaired) electrons. The van der Waals surface area contributed by atoms with E-state index in [2.05, 4.69) is 0 Å². The standard InChI is InChI=1S/C8H10N2O2.Hg.2HI/c1-9(2)7-3-5-8(6-4-7)10(11)12;;;/h3-6H,1-2H3;;2*1H/q;+2;;/p-2. The van der Waals surface area contributed by atoms with E-state index < -0.39 is 4.92 Å². The fraction of sp³-hybridized carbons (Fsp3) is 0.250. The molecule has 0 fully saturated rings. The number of nitro groups is 1. The molecule has 4 nitrogen and oxygen atoms in total. The molecular formula is C8H10HgI2N2O2. The van der Waals surface area contributed by atoms with E-state index in [1.54, 1.807) is 12.1 Å². The summed E-state index contributed by atoms with van der Waals surface area (Å²) >= 11 is 0. The Labute approximate surface area is 143 Å². The molecule has 0 saturated heterocycles. The minimum Gasteiger partial charge on any atom is -1.00 e. The Balaban J connectivity index is -0.000000480. The summed E-state index contributed by atoms with van der Waals surface area (Å²) in [4.78, 5) is 11.8. The predicted molar refractivity (Wildman–Crippen MR) is 47.4 cm³/mol. The number of non-ortho nitro benzene ring substituents is 1. The van der Waals surface area contributed by atoms with Gasteiger partial charge in [0, 0.05) is 31.9 Å². The third kappa shape index (κ3) is 6.87. The average molecular weight is 621 g/mol. The van der Waals surface area contributed by atoms with Crippen LogP contribution in [0.2, 0.25) is 0 Å². The maximum atomic E-state index is 10.3. The Kier molecular flexibility index (Phi) is 14.1. The monoisotopic (exact) mass is 622 g/mol. The Morgan fingerprint density at radius 1 is 1.13 bits per heavy atom. The van der Waals surface area contributed by atoms with Gasteiger partial charge in [-0.2, -0.15) is 0 Å². The van der Waals surface area contributed by atoms with Gasteiger partial charge in [-0.3, -0.25) is 10.1 Å². The largest absolute Gasteiger partial charge is 2.00 e. The Morgan fingerprint density at radius 2 is 1.53 bits per heavy atom. The molecule has 0 aliphatic carbocycles. The van der Waals surface area contributed by atoms with Crippen molar-refractivity contribution in [2.75, 3.05) is 19.0 Å². The van der Waals surface area contributed by atoms with Crippen LogP contribution in [0, 0.1) is 10.1 Å². The fourth-order valence-corrected chi connectivity index (χ4v) is 0.872. The average Bonchev–Trinajstić information content (AvgIpc) is 2.04. The first-order valence-corrected chi connectivity index (χ1v) is 3.53. The Morgan fingerprint density at radius 3 is 1.80 bits per heavy atom. The van der Waals surface area contributed by atoms with Crippen LogP contribution < -0.4 is 52.9 Å². The number of rotatable bonds is 2. The summed E-state index contributed by atoms with van der Waals surface area (Å²) in [6.45, 7) is 0. The van der Waals surface area contributed by atoms with Crippen LogP contribution in [0.3, 0.4) is 0 Å². The second kappa shape index (κ2) is 10.0. The molecule has 80 valence electrons. The third-order valence-electron chi connectivity index (χ3n) is 1.58. The molecule has 0 bridgehead atoms. The molecule has 0 aromatic heterocycles. The summed E-state index contributed by atoms with van der Waals surface area (Å²) in [7, 11) is 3.78. The summed E-state index contributed by atoms with van der Waals surface area (Å²) in [6.07, 6.45) is 0. The van der Waals surface area contributed by atoms with Gasteiger partial charge in [0.2, 0.25) is 0 Å². The summed E-state index contributed by atoms with van der Waals surface area (Å²) in [5.41, 5.74) is 1.08. The SMILES string of the molecule is CN(C)c1ccc([N+](=O)[O-])cc1.[Hg+2].[I-].[I-]. The Bertz CT molecular complexity index is 293. The van der Waals surface area contributed by atoms with Gasteiger partial charge in [-0.05, 0) is 12.1 Å². The van der Waals surface area contributed by atoms with Crippen molar-refractivity contribution in [3.05, 3.63) is 34.4 Å². The minimum absolute atomic E-state index is 0. The number of hydrogen-bond donors (Lipinski definition) is 0. The van der Waals surface area contributed by atoms with Crippen molar-refractivity contribution in [3.8, 4) is 0 Å². The number of hydrogen-bond acceptors (Lipinski definition) is 3. The van der Waals surface area contributed by atoms with E-state index in [-0.39, 0.29) is 81.3 Å². The van der Waals surface area contributed by atoms with Crippen LogP contribution in [0.15, 0.2) is 24.3 Å². The van der Waals surface area contributed by atoms with E-state index in [0.29, 0.717) is 0 Å². The zero-order valence-electron chi connectivity index (χ0n) is 8.48. The number of benzene rings is 1. The first kappa shape index (κ1) is 21.1. The van der Waals surface area contributed by atoms with Gasteiger partial charge >= 0.3 is 27.7 Å². The van der Waals surface area contributed by atoms with Crippen molar-refractivity contribution in [3.63, 3.8) is 0 Å². The van der Waals surface area contributed by atoms with E-state index in [1.807, 2.05) is 19.0 Å². The maximum Gasteiger partial charge on any atom is 2.00 e. The number of anilines is 1. The second-order valence-electron chi connectivity index (χ2n) is 2.67. The van der Waals surface area contributed by atoms with E-state index >= 15 is 0 Å². The quantitative estimate of drug-likeness (QED) is 0.146. The smallest absolute Gasteiger partial charge is 1.00 e. The van der Waals surface area contributed by atoms with Crippen molar-refractivity contribution in [1.82, 2.24) is 0 Å². The van der Waals surface area contributed by atoms with Gasteiger partial charge in [0.25, 0.3) is 5.69 Å². The zero-order chi connectivity index (χ0) is 9.14. The first-order chi connectivity index (χ1) is 5.61. The zero-order valence-corrected chi connectivity index (χ0v) is 18.3. The molecule has 0 unspecified atom stereocenters. The molecule has 0 spiro atoms. The van der Waals surface area contributed by atoms with Crippen molar-refractivity contribution >= 4 is 11.4 Å². The van der Waals surface area contributed by atoms with E-state index in [9.17, 15) is 10.1 Å². The number of nitro benzene ring substituents is 1. The van der Waals surface area contributed by atoms with Gasteiger partial charge in [0.05, 0.1) is 4.92 Å². The van der Waals surface area contributed by atoms with Crippen LogP contribution in [0.25, 0.3) is 0 Å². The molecule has 7 heteroatoms. The fourth-order valence-electron chi connectivity index (χ4n) is 0.872. The molecule has 1 aromatic rings. The minimum atomic E-state index is -0.403. The molecule has 0 heterocycles. The van der Waals surface area contributed by atoms with Gasteiger partial charge < -0.3 is 52.9 Å². The van der Waals surface area contributed by atoms with Gasteiger partial charge in [0.1, 0.15) is 0 Å².